The Morgan fingerprint density at radius 2 is 1.86 bits per heavy atom. The van der Waals surface area contributed by atoms with E-state index in [4.69, 9.17) is 0 Å². The molecule has 0 aliphatic carbocycles. The van der Waals surface area contributed by atoms with Gasteiger partial charge in [0.05, 0.1) is 9.52 Å². The van der Waals surface area contributed by atoms with Gasteiger partial charge in [0.15, 0.2) is 0 Å². The Bertz CT molecular complexity index is 390. The number of benzene rings is 1. The first-order valence-corrected chi connectivity index (χ1v) is 7.09. The van der Waals surface area contributed by atoms with E-state index in [1.165, 1.54) is 10.1 Å². The maximum Gasteiger partial charge on any atom is 0.0784 e. The van der Waals surface area contributed by atoms with Gasteiger partial charge in [-0.2, -0.15) is 0 Å². The second-order valence-corrected chi connectivity index (χ2v) is 5.78. The monoisotopic (exact) mass is 216 g/mol. The fourth-order valence-corrected chi connectivity index (χ4v) is 3.32. The van der Waals surface area contributed by atoms with E-state index in [0.29, 0.717) is 0 Å². The van der Waals surface area contributed by atoms with Crippen LogP contribution in [-0.2, 0) is 0 Å². The lowest BCUT2D eigenvalue weighted by Gasteiger charge is -1.92. The van der Waals surface area contributed by atoms with Gasteiger partial charge in [-0.05, 0) is 11.4 Å². The van der Waals surface area contributed by atoms with Crippen LogP contribution in [0.2, 0.25) is 0 Å². The van der Waals surface area contributed by atoms with E-state index in [2.05, 4.69) is 59.6 Å². The first kappa shape index (κ1) is 9.43. The van der Waals surface area contributed by atoms with Crippen LogP contribution in [0.1, 0.15) is 4.88 Å². The summed E-state index contributed by atoms with van der Waals surface area (Å²) in [7, 11) is -0.208. The van der Waals surface area contributed by atoms with Gasteiger partial charge in [-0.1, -0.05) is 53.4 Å². The molecule has 70 valence electrons. The zero-order valence-electron chi connectivity index (χ0n) is 7.89. The van der Waals surface area contributed by atoms with Crippen LogP contribution in [0.25, 0.3) is 6.08 Å². The summed E-state index contributed by atoms with van der Waals surface area (Å²) in [6, 6.07) is 15.0. The lowest BCUT2D eigenvalue weighted by molar-refractivity contribution is 1.77. The molecule has 0 spiro atoms. The Labute approximate surface area is 90.7 Å². The van der Waals surface area contributed by atoms with Crippen molar-refractivity contribution in [2.75, 3.05) is 0 Å². The fraction of sp³-hybridized carbons (Fsp3) is 0. The molecule has 0 bridgehead atoms. The summed E-state index contributed by atoms with van der Waals surface area (Å²) >= 11 is 1.79. The van der Waals surface area contributed by atoms with Crippen LogP contribution < -0.4 is 5.19 Å². The van der Waals surface area contributed by atoms with Gasteiger partial charge in [0.2, 0.25) is 0 Å². The van der Waals surface area contributed by atoms with Gasteiger partial charge in [-0.3, -0.25) is 0 Å². The molecule has 14 heavy (non-hydrogen) atoms. The summed E-state index contributed by atoms with van der Waals surface area (Å²) in [5.74, 6) is 0. The van der Waals surface area contributed by atoms with E-state index in [1.807, 2.05) is 0 Å². The van der Waals surface area contributed by atoms with Crippen molar-refractivity contribution in [3.63, 3.8) is 0 Å². The molecule has 2 rings (SSSR count). The van der Waals surface area contributed by atoms with Gasteiger partial charge in [-0.15, -0.1) is 11.3 Å². The third-order valence-corrected chi connectivity index (χ3v) is 4.27. The summed E-state index contributed by atoms with van der Waals surface area (Å²) in [6.07, 6.45) is 2.24. The van der Waals surface area contributed by atoms with Crippen LogP contribution >= 0.6 is 11.3 Å². The SMILES string of the molecule is C(=Cc1cccs1)[SiH2]c1ccccc1. The summed E-state index contributed by atoms with van der Waals surface area (Å²) in [4.78, 5) is 1.36. The quantitative estimate of drug-likeness (QED) is 0.690. The number of thiophene rings is 1. The molecule has 0 unspecified atom stereocenters. The summed E-state index contributed by atoms with van der Waals surface area (Å²) in [5, 5.41) is 3.62. The average molecular weight is 216 g/mol. The normalized spacial score (nSPS) is 11.7. The number of hydrogen-bond acceptors (Lipinski definition) is 1. The highest BCUT2D eigenvalue weighted by molar-refractivity contribution is 7.10. The minimum absolute atomic E-state index is 0.208. The van der Waals surface area contributed by atoms with Gasteiger partial charge in [0.25, 0.3) is 0 Å². The minimum Gasteiger partial charge on any atom is -0.145 e. The number of hydrogen-bond donors (Lipinski definition) is 0. The molecule has 2 aromatic rings. The zero-order chi connectivity index (χ0) is 9.64. The van der Waals surface area contributed by atoms with Gasteiger partial charge in [-0.25, -0.2) is 0 Å². The minimum atomic E-state index is -0.208. The second kappa shape index (κ2) is 4.93. The van der Waals surface area contributed by atoms with Crippen molar-refractivity contribution in [2.45, 2.75) is 0 Å². The zero-order valence-corrected chi connectivity index (χ0v) is 10.1. The van der Waals surface area contributed by atoms with Gasteiger partial charge >= 0.3 is 0 Å². The van der Waals surface area contributed by atoms with Gasteiger partial charge in [0.1, 0.15) is 0 Å². The predicted molar refractivity (Wildman–Crippen MR) is 68.0 cm³/mol. The van der Waals surface area contributed by atoms with E-state index in [-0.39, 0.29) is 9.52 Å². The number of rotatable bonds is 3. The maximum atomic E-state index is 2.35. The van der Waals surface area contributed by atoms with Crippen molar-refractivity contribution < 1.29 is 0 Å². The molecule has 1 aromatic carbocycles. The molecule has 1 heterocycles. The highest BCUT2D eigenvalue weighted by Gasteiger charge is 1.88. The maximum absolute atomic E-state index is 2.35. The molecule has 0 aliphatic heterocycles. The molecule has 2 heteroatoms. The highest BCUT2D eigenvalue weighted by Crippen LogP contribution is 2.09. The molecule has 0 saturated heterocycles. The average Bonchev–Trinajstić information content (AvgIpc) is 2.72. The molecule has 0 atom stereocenters. The van der Waals surface area contributed by atoms with Gasteiger partial charge in [0, 0.05) is 4.88 Å². The lowest BCUT2D eigenvalue weighted by atomic mass is 10.4. The summed E-state index contributed by atoms with van der Waals surface area (Å²) in [6.45, 7) is 0. The molecule has 0 aliphatic rings. The third kappa shape index (κ3) is 2.69. The molecule has 0 N–H and O–H groups in total. The molecular weight excluding hydrogens is 204 g/mol. The molecule has 0 amide bonds. The van der Waals surface area contributed by atoms with Crippen LogP contribution in [0.3, 0.4) is 0 Å². The van der Waals surface area contributed by atoms with Crippen LogP contribution in [0, 0.1) is 0 Å². The van der Waals surface area contributed by atoms with E-state index in [0.717, 1.165) is 0 Å². The van der Waals surface area contributed by atoms with Crippen molar-refractivity contribution in [3.8, 4) is 0 Å². The lowest BCUT2D eigenvalue weighted by Crippen LogP contribution is -2.09. The molecule has 1 aromatic heterocycles. The largest absolute Gasteiger partial charge is 0.145 e. The standard InChI is InChI=1S/C12H12SSi/c1-2-6-12(7-3-1)14-10-8-11-5-4-9-13-11/h1-10H,14H2. The van der Waals surface area contributed by atoms with Crippen LogP contribution in [0.15, 0.2) is 53.5 Å². The fourth-order valence-electron chi connectivity index (χ4n) is 1.31. The van der Waals surface area contributed by atoms with Crippen LogP contribution in [-0.4, -0.2) is 9.52 Å². The Morgan fingerprint density at radius 1 is 1.00 bits per heavy atom. The topological polar surface area (TPSA) is 0 Å². The van der Waals surface area contributed by atoms with Crippen molar-refractivity contribution in [1.82, 2.24) is 0 Å². The second-order valence-electron chi connectivity index (χ2n) is 3.11. The third-order valence-electron chi connectivity index (χ3n) is 2.02. The van der Waals surface area contributed by atoms with Crippen molar-refractivity contribution in [3.05, 3.63) is 58.4 Å². The Morgan fingerprint density at radius 3 is 2.57 bits per heavy atom. The summed E-state index contributed by atoms with van der Waals surface area (Å²) < 4.78 is 0. The molecule has 0 radical (unpaired) electrons. The van der Waals surface area contributed by atoms with Crippen LogP contribution in [0.4, 0.5) is 0 Å². The van der Waals surface area contributed by atoms with Crippen molar-refractivity contribution in [2.24, 2.45) is 0 Å². The van der Waals surface area contributed by atoms with E-state index < -0.39 is 0 Å². The molecule has 0 fully saturated rings. The Kier molecular flexibility index (Phi) is 3.32. The molecule has 0 saturated carbocycles. The first-order chi connectivity index (χ1) is 6.95. The molecule has 0 nitrogen and oxygen atoms in total. The summed E-state index contributed by atoms with van der Waals surface area (Å²) in [5.41, 5.74) is 2.35. The van der Waals surface area contributed by atoms with E-state index in [1.54, 1.807) is 11.3 Å². The van der Waals surface area contributed by atoms with E-state index in [9.17, 15) is 0 Å². The van der Waals surface area contributed by atoms with Crippen LogP contribution in [0.5, 0.6) is 0 Å². The highest BCUT2D eigenvalue weighted by atomic mass is 32.1. The van der Waals surface area contributed by atoms with Gasteiger partial charge < -0.3 is 0 Å². The van der Waals surface area contributed by atoms with Crippen molar-refractivity contribution in [1.29, 1.82) is 0 Å². The Hall–Kier alpha value is -1.12. The Balaban J connectivity index is 1.95. The van der Waals surface area contributed by atoms with Crippen molar-refractivity contribution >= 4 is 32.1 Å². The van der Waals surface area contributed by atoms with E-state index >= 15 is 0 Å². The smallest absolute Gasteiger partial charge is 0.0784 e. The molecular formula is C12H12SSi. The first-order valence-electron chi connectivity index (χ1n) is 4.69. The predicted octanol–water partition coefficient (Wildman–Crippen LogP) is 2.21.